The molecule has 0 aromatic heterocycles. The van der Waals surface area contributed by atoms with Crippen LogP contribution in [0.1, 0.15) is 44.6 Å². The van der Waals surface area contributed by atoms with E-state index < -0.39 is 27.5 Å². The Morgan fingerprint density at radius 3 is 2.58 bits per heavy atom. The predicted octanol–water partition coefficient (Wildman–Crippen LogP) is 1.20. The molecule has 31 heavy (non-hydrogen) atoms. The molecular weight excluding hydrogens is 420 g/mol. The van der Waals surface area contributed by atoms with Gasteiger partial charge < -0.3 is 10.6 Å². The Labute approximate surface area is 182 Å². The number of piperidine rings is 1. The van der Waals surface area contributed by atoms with Gasteiger partial charge in [-0.3, -0.25) is 14.5 Å². The van der Waals surface area contributed by atoms with Gasteiger partial charge in [-0.1, -0.05) is 18.6 Å². The first-order valence-electron chi connectivity index (χ1n) is 10.7. The van der Waals surface area contributed by atoms with Crippen LogP contribution >= 0.6 is 0 Å². The van der Waals surface area contributed by atoms with Crippen molar-refractivity contribution in [2.45, 2.75) is 56.0 Å². The maximum absolute atomic E-state index is 12.9. The van der Waals surface area contributed by atoms with E-state index in [1.165, 1.54) is 4.31 Å². The van der Waals surface area contributed by atoms with Crippen molar-refractivity contribution in [2.75, 3.05) is 19.6 Å². The van der Waals surface area contributed by atoms with Crippen LogP contribution in [-0.2, 0) is 26.2 Å². The molecule has 1 saturated carbocycles. The number of hydrogen-bond donors (Lipinski definition) is 2. The Morgan fingerprint density at radius 2 is 1.90 bits per heavy atom. The van der Waals surface area contributed by atoms with Crippen LogP contribution < -0.4 is 10.6 Å². The van der Waals surface area contributed by atoms with E-state index in [2.05, 4.69) is 10.6 Å². The van der Waals surface area contributed by atoms with Gasteiger partial charge in [0.25, 0.3) is 5.91 Å². The molecule has 2 N–H and O–H groups in total. The number of nitrogens with one attached hydrogen (secondary N) is 2. The fraction of sp³-hybridized carbons (Fsp3) is 0.571. The number of imide groups is 1. The average Bonchev–Trinajstić information content (AvgIpc) is 3.59. The van der Waals surface area contributed by atoms with Gasteiger partial charge >= 0.3 is 6.03 Å². The Hall–Kier alpha value is -2.46. The zero-order chi connectivity index (χ0) is 22.2. The van der Waals surface area contributed by atoms with Crippen LogP contribution in [0, 0.1) is 5.92 Å². The van der Waals surface area contributed by atoms with Crippen LogP contribution in [0.4, 0.5) is 4.79 Å². The van der Waals surface area contributed by atoms with E-state index in [0.29, 0.717) is 18.7 Å². The van der Waals surface area contributed by atoms with Gasteiger partial charge in [0.15, 0.2) is 0 Å². The molecular formula is C21H28N4O5S. The van der Waals surface area contributed by atoms with Crippen molar-refractivity contribution in [1.29, 1.82) is 0 Å². The van der Waals surface area contributed by atoms with Gasteiger partial charge in [-0.15, -0.1) is 0 Å². The van der Waals surface area contributed by atoms with Gasteiger partial charge in [-0.25, -0.2) is 13.2 Å². The van der Waals surface area contributed by atoms with Crippen molar-refractivity contribution in [3.05, 3.63) is 29.8 Å². The first-order valence-corrected chi connectivity index (χ1v) is 12.2. The number of nitrogens with zero attached hydrogens (tertiary/aromatic N) is 2. The molecule has 10 heteroatoms. The first-order chi connectivity index (χ1) is 14.7. The van der Waals surface area contributed by atoms with Crippen molar-refractivity contribution >= 4 is 27.9 Å². The highest BCUT2D eigenvalue weighted by atomic mass is 32.2. The van der Waals surface area contributed by atoms with Crippen LogP contribution in [0.15, 0.2) is 29.2 Å². The topological polar surface area (TPSA) is 116 Å². The third-order valence-electron chi connectivity index (χ3n) is 6.34. The average molecular weight is 449 g/mol. The van der Waals surface area contributed by atoms with E-state index in [1.807, 2.05) is 0 Å². The number of urea groups is 1. The maximum Gasteiger partial charge on any atom is 0.325 e. The van der Waals surface area contributed by atoms with E-state index in [1.54, 1.807) is 31.2 Å². The lowest BCUT2D eigenvalue weighted by Crippen LogP contribution is -2.46. The molecule has 4 amide bonds. The predicted molar refractivity (Wildman–Crippen MR) is 112 cm³/mol. The van der Waals surface area contributed by atoms with E-state index in [4.69, 9.17) is 0 Å². The largest absolute Gasteiger partial charge is 0.350 e. The van der Waals surface area contributed by atoms with E-state index in [-0.39, 0.29) is 29.8 Å². The highest BCUT2D eigenvalue weighted by Gasteiger charge is 2.56. The summed E-state index contributed by atoms with van der Waals surface area (Å²) in [6.45, 7) is 2.49. The second-order valence-electron chi connectivity index (χ2n) is 8.69. The highest BCUT2D eigenvalue weighted by Crippen LogP contribution is 2.42. The Kier molecular flexibility index (Phi) is 5.78. The molecule has 2 heterocycles. The van der Waals surface area contributed by atoms with Crippen LogP contribution in [0.3, 0.4) is 0 Å². The smallest absolute Gasteiger partial charge is 0.325 e. The minimum absolute atomic E-state index is 0.103. The van der Waals surface area contributed by atoms with Crippen molar-refractivity contribution in [3.63, 3.8) is 0 Å². The molecule has 1 aliphatic carbocycles. The number of benzene rings is 1. The number of rotatable bonds is 7. The molecule has 1 aromatic carbocycles. The van der Waals surface area contributed by atoms with Crippen molar-refractivity contribution in [3.8, 4) is 0 Å². The Morgan fingerprint density at radius 1 is 1.19 bits per heavy atom. The van der Waals surface area contributed by atoms with E-state index >= 15 is 0 Å². The van der Waals surface area contributed by atoms with Gasteiger partial charge in [-0.2, -0.15) is 4.31 Å². The molecule has 9 nitrogen and oxygen atoms in total. The van der Waals surface area contributed by atoms with Gasteiger partial charge in [0.05, 0.1) is 4.90 Å². The van der Waals surface area contributed by atoms with E-state index in [9.17, 15) is 22.8 Å². The molecule has 3 aliphatic rings. The maximum atomic E-state index is 12.9. The lowest BCUT2D eigenvalue weighted by molar-refractivity contribution is -0.135. The summed E-state index contributed by atoms with van der Waals surface area (Å²) in [5, 5.41) is 5.39. The quantitative estimate of drug-likeness (QED) is 0.608. The number of amides is 4. The fourth-order valence-electron chi connectivity index (χ4n) is 4.27. The minimum atomic E-state index is -3.56. The minimum Gasteiger partial charge on any atom is -0.350 e. The van der Waals surface area contributed by atoms with Gasteiger partial charge in [0.1, 0.15) is 12.1 Å². The number of hydrogen-bond acceptors (Lipinski definition) is 5. The monoisotopic (exact) mass is 448 g/mol. The van der Waals surface area contributed by atoms with Crippen LogP contribution in [0.25, 0.3) is 0 Å². The molecule has 2 saturated heterocycles. The van der Waals surface area contributed by atoms with Crippen molar-refractivity contribution in [1.82, 2.24) is 19.8 Å². The molecule has 168 valence electrons. The fourth-order valence-corrected chi connectivity index (χ4v) is 5.85. The molecule has 3 fully saturated rings. The third-order valence-corrected chi connectivity index (χ3v) is 8.23. The molecule has 2 aliphatic heterocycles. The van der Waals surface area contributed by atoms with Crippen LogP contribution in [0.5, 0.6) is 0 Å². The summed E-state index contributed by atoms with van der Waals surface area (Å²) < 4.78 is 27.2. The molecule has 1 aromatic rings. The Balaban J connectivity index is 1.36. The lowest BCUT2D eigenvalue weighted by atomic mass is 9.96. The van der Waals surface area contributed by atoms with Crippen molar-refractivity contribution in [2.24, 2.45) is 5.92 Å². The lowest BCUT2D eigenvalue weighted by Gasteiger charge is -2.26. The van der Waals surface area contributed by atoms with Gasteiger partial charge in [-0.05, 0) is 56.2 Å². The third kappa shape index (κ3) is 4.31. The summed E-state index contributed by atoms with van der Waals surface area (Å²) in [7, 11) is -3.56. The Bertz CT molecular complexity index is 1000. The SMILES string of the molecule is CC1(C2CC2)NC(=O)N(CC(=O)NCc2cccc(S(=O)(=O)N3CCCCC3)c2)C1=O. The zero-order valence-electron chi connectivity index (χ0n) is 17.6. The number of carbonyl (C=O) groups excluding carboxylic acids is 3. The summed E-state index contributed by atoms with van der Waals surface area (Å²) in [5.41, 5.74) is -0.291. The van der Waals surface area contributed by atoms with E-state index in [0.717, 1.165) is 37.0 Å². The summed E-state index contributed by atoms with van der Waals surface area (Å²) in [4.78, 5) is 38.3. The summed E-state index contributed by atoms with van der Waals surface area (Å²) in [5.74, 6) is -0.723. The zero-order valence-corrected chi connectivity index (χ0v) is 18.4. The van der Waals surface area contributed by atoms with Gasteiger partial charge in [0, 0.05) is 19.6 Å². The second-order valence-corrected chi connectivity index (χ2v) is 10.6. The molecule has 0 bridgehead atoms. The normalized spacial score (nSPS) is 24.9. The molecule has 0 radical (unpaired) electrons. The highest BCUT2D eigenvalue weighted by molar-refractivity contribution is 7.89. The molecule has 1 unspecified atom stereocenters. The first kappa shape index (κ1) is 21.8. The summed E-state index contributed by atoms with van der Waals surface area (Å²) in [6.07, 6.45) is 4.53. The molecule has 0 spiro atoms. The number of sulfonamides is 1. The molecule has 1 atom stereocenters. The summed E-state index contributed by atoms with van der Waals surface area (Å²) in [6, 6.07) is 5.94. The standard InChI is InChI=1S/C21H28N4O5S/c1-21(16-8-9-16)19(27)25(20(28)23-21)14-18(26)22-13-15-6-5-7-17(12-15)31(29,30)24-10-3-2-4-11-24/h5-7,12,16H,2-4,8-11,13-14H2,1H3,(H,22,26)(H,23,28). The van der Waals surface area contributed by atoms with Crippen molar-refractivity contribution < 1.29 is 22.8 Å². The second kappa shape index (κ2) is 8.23. The van der Waals surface area contributed by atoms with Crippen LogP contribution in [-0.4, -0.2) is 60.6 Å². The summed E-state index contributed by atoms with van der Waals surface area (Å²) >= 11 is 0. The number of carbonyl (C=O) groups is 3. The molecule has 4 rings (SSSR count). The van der Waals surface area contributed by atoms with Gasteiger partial charge in [0.2, 0.25) is 15.9 Å². The van der Waals surface area contributed by atoms with Crippen LogP contribution in [0.2, 0.25) is 0 Å².